The number of amides is 1. The molecule has 3 aromatic rings. The van der Waals surface area contributed by atoms with Gasteiger partial charge in [-0.1, -0.05) is 37.2 Å². The first-order valence-corrected chi connectivity index (χ1v) is 12.9. The number of rotatable bonds is 10. The van der Waals surface area contributed by atoms with Crippen molar-refractivity contribution in [3.8, 4) is 5.75 Å². The summed E-state index contributed by atoms with van der Waals surface area (Å²) in [5, 5.41) is 3.54. The van der Waals surface area contributed by atoms with Gasteiger partial charge in [-0.05, 0) is 37.3 Å². The van der Waals surface area contributed by atoms with Gasteiger partial charge in [0.25, 0.3) is 0 Å². The second-order valence-corrected chi connectivity index (χ2v) is 10.0. The number of carbonyl (C=O) groups excluding carboxylic acids is 1. The van der Waals surface area contributed by atoms with E-state index < -0.39 is 10.0 Å². The molecule has 3 rings (SSSR count). The highest BCUT2D eigenvalue weighted by Gasteiger charge is 2.23. The van der Waals surface area contributed by atoms with Crippen LogP contribution in [0.3, 0.4) is 0 Å². The molecule has 1 amide bonds. The number of H-pyrrole nitrogens is 1. The lowest BCUT2D eigenvalue weighted by molar-refractivity contribution is -0.113. The average Bonchev–Trinajstić information content (AvgIpc) is 3.17. The van der Waals surface area contributed by atoms with Gasteiger partial charge in [-0.2, -0.15) is 4.31 Å². The number of carbonyl (C=O) groups is 1. The molecule has 0 bridgehead atoms. The molecule has 0 atom stereocenters. The van der Waals surface area contributed by atoms with Crippen molar-refractivity contribution >= 4 is 56.0 Å². The summed E-state index contributed by atoms with van der Waals surface area (Å²) in [4.78, 5) is 20.2. The standard InChI is InChI=1S/C21H25ClN4O4S2/c1-4-26(5-2)32(28,29)15-8-9-16(22)18(12-15)23-20(27)13-31-21-24-17-10-7-14(30-6-3)11-19(17)25-21/h7-12H,4-6,13H2,1-3H3,(H,23,27)(H,24,25). The Labute approximate surface area is 196 Å². The molecule has 1 aromatic heterocycles. The van der Waals surface area contributed by atoms with E-state index in [0.29, 0.717) is 24.9 Å². The zero-order chi connectivity index (χ0) is 23.3. The van der Waals surface area contributed by atoms with Crippen molar-refractivity contribution in [3.05, 3.63) is 41.4 Å². The van der Waals surface area contributed by atoms with E-state index in [4.69, 9.17) is 16.3 Å². The summed E-state index contributed by atoms with van der Waals surface area (Å²) in [6, 6.07) is 9.84. The summed E-state index contributed by atoms with van der Waals surface area (Å²) in [6.07, 6.45) is 0. The van der Waals surface area contributed by atoms with Crippen LogP contribution >= 0.6 is 23.4 Å². The first kappa shape index (κ1) is 24.4. The lowest BCUT2D eigenvalue weighted by Crippen LogP contribution is -2.30. The summed E-state index contributed by atoms with van der Waals surface area (Å²) in [5.41, 5.74) is 1.83. The van der Waals surface area contributed by atoms with Gasteiger partial charge in [-0.15, -0.1) is 0 Å². The minimum atomic E-state index is -3.66. The normalized spacial score (nSPS) is 11.8. The van der Waals surface area contributed by atoms with Crippen molar-refractivity contribution < 1.29 is 17.9 Å². The molecule has 0 aliphatic rings. The number of halogens is 1. The monoisotopic (exact) mass is 496 g/mol. The predicted octanol–water partition coefficient (Wildman–Crippen LogP) is 4.38. The Bertz CT molecular complexity index is 1210. The van der Waals surface area contributed by atoms with Crippen molar-refractivity contribution in [2.45, 2.75) is 30.8 Å². The minimum absolute atomic E-state index is 0.0709. The van der Waals surface area contributed by atoms with Crippen LogP contribution in [0.15, 0.2) is 46.5 Å². The van der Waals surface area contributed by atoms with Gasteiger partial charge in [-0.25, -0.2) is 13.4 Å². The molecular weight excluding hydrogens is 472 g/mol. The number of nitrogens with one attached hydrogen (secondary N) is 2. The zero-order valence-electron chi connectivity index (χ0n) is 18.0. The Balaban J connectivity index is 1.69. The second-order valence-electron chi connectivity index (χ2n) is 6.72. The maximum Gasteiger partial charge on any atom is 0.243 e. The van der Waals surface area contributed by atoms with Crippen LogP contribution in [0.5, 0.6) is 5.75 Å². The third kappa shape index (κ3) is 5.55. The molecule has 0 unspecified atom stereocenters. The van der Waals surface area contributed by atoms with Gasteiger partial charge < -0.3 is 15.0 Å². The van der Waals surface area contributed by atoms with E-state index >= 15 is 0 Å². The molecule has 0 aliphatic carbocycles. The molecule has 0 saturated carbocycles. The number of thioether (sulfide) groups is 1. The van der Waals surface area contributed by atoms with Gasteiger partial charge >= 0.3 is 0 Å². The van der Waals surface area contributed by atoms with E-state index in [1.807, 2.05) is 25.1 Å². The van der Waals surface area contributed by atoms with Crippen molar-refractivity contribution in [2.24, 2.45) is 0 Å². The number of nitrogens with zero attached hydrogens (tertiary/aromatic N) is 2. The van der Waals surface area contributed by atoms with Crippen LogP contribution in [-0.4, -0.2) is 54.0 Å². The van der Waals surface area contributed by atoms with Gasteiger partial charge in [0.15, 0.2) is 5.16 Å². The number of ether oxygens (including phenoxy) is 1. The highest BCUT2D eigenvalue weighted by molar-refractivity contribution is 7.99. The van der Waals surface area contributed by atoms with E-state index in [2.05, 4.69) is 15.3 Å². The molecule has 172 valence electrons. The van der Waals surface area contributed by atoms with Crippen molar-refractivity contribution in [1.29, 1.82) is 0 Å². The molecular formula is C21H25ClN4O4S2. The number of hydrogen-bond donors (Lipinski definition) is 2. The van der Waals surface area contributed by atoms with E-state index in [1.165, 1.54) is 34.3 Å². The van der Waals surface area contributed by atoms with E-state index in [9.17, 15) is 13.2 Å². The summed E-state index contributed by atoms with van der Waals surface area (Å²) in [7, 11) is -3.66. The third-order valence-electron chi connectivity index (χ3n) is 4.64. The molecule has 32 heavy (non-hydrogen) atoms. The first-order chi connectivity index (χ1) is 15.3. The number of anilines is 1. The van der Waals surface area contributed by atoms with Crippen molar-refractivity contribution in [1.82, 2.24) is 14.3 Å². The highest BCUT2D eigenvalue weighted by Crippen LogP contribution is 2.28. The van der Waals surface area contributed by atoms with Gasteiger partial charge in [0, 0.05) is 19.2 Å². The Morgan fingerprint density at radius 1 is 1.19 bits per heavy atom. The first-order valence-electron chi connectivity index (χ1n) is 10.1. The van der Waals surface area contributed by atoms with Gasteiger partial charge in [-0.3, -0.25) is 4.79 Å². The number of hydrogen-bond acceptors (Lipinski definition) is 6. The number of aromatic nitrogens is 2. The van der Waals surface area contributed by atoms with E-state index in [-0.39, 0.29) is 27.3 Å². The Morgan fingerprint density at radius 3 is 2.62 bits per heavy atom. The molecule has 2 aromatic carbocycles. The lowest BCUT2D eigenvalue weighted by atomic mass is 10.3. The Morgan fingerprint density at radius 2 is 1.94 bits per heavy atom. The fourth-order valence-corrected chi connectivity index (χ4v) is 5.42. The van der Waals surface area contributed by atoms with Gasteiger partial charge in [0.05, 0.1) is 39.0 Å². The van der Waals surface area contributed by atoms with Crippen LogP contribution in [0, 0.1) is 0 Å². The van der Waals surface area contributed by atoms with Crippen LogP contribution in [0.25, 0.3) is 11.0 Å². The Hall–Kier alpha value is -2.27. The maximum atomic E-state index is 12.7. The number of aromatic amines is 1. The van der Waals surface area contributed by atoms with E-state index in [0.717, 1.165) is 16.8 Å². The quantitative estimate of drug-likeness (QED) is 0.404. The number of sulfonamides is 1. The fourth-order valence-electron chi connectivity index (χ4n) is 3.08. The molecule has 0 radical (unpaired) electrons. The molecule has 11 heteroatoms. The van der Waals surface area contributed by atoms with Gasteiger partial charge in [0.1, 0.15) is 5.75 Å². The van der Waals surface area contributed by atoms with E-state index in [1.54, 1.807) is 13.8 Å². The highest BCUT2D eigenvalue weighted by atomic mass is 35.5. The second kappa shape index (κ2) is 10.6. The third-order valence-corrected chi connectivity index (χ3v) is 7.89. The Kier molecular flexibility index (Phi) is 8.05. The number of benzene rings is 2. The molecule has 2 N–H and O–H groups in total. The molecule has 1 heterocycles. The fraction of sp³-hybridized carbons (Fsp3) is 0.333. The van der Waals surface area contributed by atoms with Crippen molar-refractivity contribution in [3.63, 3.8) is 0 Å². The van der Waals surface area contributed by atoms with Crippen LogP contribution in [0.2, 0.25) is 5.02 Å². The van der Waals surface area contributed by atoms with Crippen LogP contribution < -0.4 is 10.1 Å². The average molecular weight is 497 g/mol. The van der Waals surface area contributed by atoms with Crippen molar-refractivity contribution in [2.75, 3.05) is 30.8 Å². The molecule has 0 saturated heterocycles. The number of imidazole rings is 1. The molecule has 0 fully saturated rings. The number of fused-ring (bicyclic) bond motifs is 1. The summed E-state index contributed by atoms with van der Waals surface area (Å²) < 4.78 is 32.3. The van der Waals surface area contributed by atoms with Gasteiger partial charge in [0.2, 0.25) is 15.9 Å². The SMILES string of the molecule is CCOc1ccc2nc(SCC(=O)Nc3cc(S(=O)(=O)N(CC)CC)ccc3Cl)[nH]c2c1. The summed E-state index contributed by atoms with van der Waals surface area (Å²) in [6.45, 7) is 6.73. The molecule has 0 aliphatic heterocycles. The summed E-state index contributed by atoms with van der Waals surface area (Å²) >= 11 is 7.42. The van der Waals surface area contributed by atoms with Crippen LogP contribution in [0.4, 0.5) is 5.69 Å². The lowest BCUT2D eigenvalue weighted by Gasteiger charge is -2.19. The van der Waals surface area contributed by atoms with Crippen LogP contribution in [0.1, 0.15) is 20.8 Å². The minimum Gasteiger partial charge on any atom is -0.494 e. The predicted molar refractivity (Wildman–Crippen MR) is 128 cm³/mol. The summed E-state index contributed by atoms with van der Waals surface area (Å²) in [5.74, 6) is 0.485. The smallest absolute Gasteiger partial charge is 0.243 e. The zero-order valence-corrected chi connectivity index (χ0v) is 20.4. The topological polar surface area (TPSA) is 104 Å². The largest absolute Gasteiger partial charge is 0.494 e. The molecule has 8 nitrogen and oxygen atoms in total. The molecule has 0 spiro atoms. The van der Waals surface area contributed by atoms with Crippen LogP contribution in [-0.2, 0) is 14.8 Å². The maximum absolute atomic E-state index is 12.7.